The predicted octanol–water partition coefficient (Wildman–Crippen LogP) is 1.55. The van der Waals surface area contributed by atoms with Crippen LogP contribution in [0, 0.1) is 0 Å². The number of hydrogen-bond donors (Lipinski definition) is 1. The van der Waals surface area contributed by atoms with Crippen molar-refractivity contribution in [1.82, 2.24) is 10.2 Å². The Morgan fingerprint density at radius 3 is 2.68 bits per heavy atom. The topological polar surface area (TPSA) is 67.9 Å². The number of ether oxygens (including phenoxy) is 2. The third kappa shape index (κ3) is 5.37. The standard InChI is InChI=1S/C16H22N2O4/c1-13(19)18-10-15(11-18)22-16(20)17-8-5-9-21-12-14-6-3-2-4-7-14/h2-4,6-7,15H,5,8-12H2,1H3,(H,17,20). The molecule has 120 valence electrons. The van der Waals surface area contributed by atoms with E-state index in [0.717, 1.165) is 12.0 Å². The molecular weight excluding hydrogens is 284 g/mol. The van der Waals surface area contributed by atoms with Crippen molar-refractivity contribution in [2.45, 2.75) is 26.1 Å². The third-order valence-electron chi connectivity index (χ3n) is 3.41. The number of benzene rings is 1. The van der Waals surface area contributed by atoms with Gasteiger partial charge >= 0.3 is 6.09 Å². The van der Waals surface area contributed by atoms with Crippen molar-refractivity contribution in [2.24, 2.45) is 0 Å². The molecule has 0 saturated carbocycles. The maximum atomic E-state index is 11.5. The minimum Gasteiger partial charge on any atom is -0.442 e. The van der Waals surface area contributed by atoms with Crippen molar-refractivity contribution in [3.05, 3.63) is 35.9 Å². The van der Waals surface area contributed by atoms with Crippen LogP contribution in [0.25, 0.3) is 0 Å². The van der Waals surface area contributed by atoms with E-state index >= 15 is 0 Å². The lowest BCUT2D eigenvalue weighted by atomic mass is 10.2. The normalized spacial score (nSPS) is 14.3. The van der Waals surface area contributed by atoms with Gasteiger partial charge in [0.25, 0.3) is 0 Å². The minimum absolute atomic E-state index is 0.0100. The molecule has 22 heavy (non-hydrogen) atoms. The first-order valence-electron chi connectivity index (χ1n) is 7.47. The second kappa shape index (κ2) is 8.38. The number of amides is 2. The van der Waals surface area contributed by atoms with E-state index in [1.807, 2.05) is 30.3 Å². The summed E-state index contributed by atoms with van der Waals surface area (Å²) in [5, 5.41) is 2.68. The van der Waals surface area contributed by atoms with Gasteiger partial charge in [-0.2, -0.15) is 0 Å². The molecule has 1 aliphatic heterocycles. The van der Waals surface area contributed by atoms with Crippen LogP contribution in [0.1, 0.15) is 18.9 Å². The number of alkyl carbamates (subject to hydrolysis) is 1. The maximum Gasteiger partial charge on any atom is 0.407 e. The second-order valence-corrected chi connectivity index (χ2v) is 5.27. The molecule has 1 aromatic carbocycles. The van der Waals surface area contributed by atoms with Crippen LogP contribution >= 0.6 is 0 Å². The van der Waals surface area contributed by atoms with Gasteiger partial charge in [-0.05, 0) is 12.0 Å². The van der Waals surface area contributed by atoms with E-state index in [1.165, 1.54) is 6.92 Å². The van der Waals surface area contributed by atoms with Crippen molar-refractivity contribution in [1.29, 1.82) is 0 Å². The van der Waals surface area contributed by atoms with E-state index in [9.17, 15) is 9.59 Å². The van der Waals surface area contributed by atoms with E-state index in [1.54, 1.807) is 4.90 Å². The number of nitrogens with zero attached hydrogens (tertiary/aromatic N) is 1. The number of carbonyl (C=O) groups excluding carboxylic acids is 2. The summed E-state index contributed by atoms with van der Waals surface area (Å²) in [6.07, 6.45) is 0.112. The van der Waals surface area contributed by atoms with Crippen LogP contribution in [0.4, 0.5) is 4.79 Å². The molecule has 0 atom stereocenters. The first-order chi connectivity index (χ1) is 10.6. The molecule has 1 N–H and O–H groups in total. The van der Waals surface area contributed by atoms with Gasteiger partial charge in [0.2, 0.25) is 5.91 Å². The molecule has 0 spiro atoms. The Balaban J connectivity index is 1.45. The van der Waals surface area contributed by atoms with E-state index in [-0.39, 0.29) is 12.0 Å². The molecule has 0 aliphatic carbocycles. The van der Waals surface area contributed by atoms with Crippen LogP contribution in [0.15, 0.2) is 30.3 Å². The highest BCUT2D eigenvalue weighted by Crippen LogP contribution is 2.11. The molecule has 6 heteroatoms. The van der Waals surface area contributed by atoms with Gasteiger partial charge in [0, 0.05) is 20.1 Å². The van der Waals surface area contributed by atoms with Gasteiger partial charge in [-0.15, -0.1) is 0 Å². The van der Waals surface area contributed by atoms with Crippen molar-refractivity contribution >= 4 is 12.0 Å². The second-order valence-electron chi connectivity index (χ2n) is 5.27. The smallest absolute Gasteiger partial charge is 0.407 e. The van der Waals surface area contributed by atoms with Gasteiger partial charge in [0.1, 0.15) is 6.10 Å². The van der Waals surface area contributed by atoms with Crippen LogP contribution in [0.2, 0.25) is 0 Å². The molecule has 2 amide bonds. The van der Waals surface area contributed by atoms with E-state index in [0.29, 0.717) is 32.8 Å². The summed E-state index contributed by atoms with van der Waals surface area (Å²) >= 11 is 0. The molecule has 6 nitrogen and oxygen atoms in total. The Labute approximate surface area is 130 Å². The van der Waals surface area contributed by atoms with Crippen molar-refractivity contribution in [3.8, 4) is 0 Å². The number of hydrogen-bond acceptors (Lipinski definition) is 4. The summed E-state index contributed by atoms with van der Waals surface area (Å²) < 4.78 is 10.7. The molecule has 1 aromatic rings. The molecule has 0 aromatic heterocycles. The fraction of sp³-hybridized carbons (Fsp3) is 0.500. The third-order valence-corrected chi connectivity index (χ3v) is 3.41. The first kappa shape index (κ1) is 16.3. The van der Waals surface area contributed by atoms with Gasteiger partial charge in [0.15, 0.2) is 0 Å². The summed E-state index contributed by atoms with van der Waals surface area (Å²) in [5.41, 5.74) is 1.13. The number of nitrogens with one attached hydrogen (secondary N) is 1. The number of rotatable bonds is 7. The highest BCUT2D eigenvalue weighted by Gasteiger charge is 2.31. The van der Waals surface area contributed by atoms with Crippen molar-refractivity contribution < 1.29 is 19.1 Å². The Bertz CT molecular complexity index is 486. The Hall–Kier alpha value is -2.08. The van der Waals surface area contributed by atoms with Gasteiger partial charge in [0.05, 0.1) is 19.7 Å². The molecule has 1 aliphatic rings. The Morgan fingerprint density at radius 1 is 1.27 bits per heavy atom. The zero-order valence-corrected chi connectivity index (χ0v) is 12.8. The zero-order valence-electron chi connectivity index (χ0n) is 12.8. The predicted molar refractivity (Wildman–Crippen MR) is 81.2 cm³/mol. The number of carbonyl (C=O) groups is 2. The lowest BCUT2D eigenvalue weighted by Gasteiger charge is -2.37. The fourth-order valence-corrected chi connectivity index (χ4v) is 2.09. The fourth-order valence-electron chi connectivity index (χ4n) is 2.09. The largest absolute Gasteiger partial charge is 0.442 e. The molecule has 1 saturated heterocycles. The summed E-state index contributed by atoms with van der Waals surface area (Å²) in [6.45, 7) is 4.15. The van der Waals surface area contributed by atoms with Gasteiger partial charge in [-0.25, -0.2) is 4.79 Å². The minimum atomic E-state index is -0.434. The maximum absolute atomic E-state index is 11.5. The van der Waals surface area contributed by atoms with Gasteiger partial charge < -0.3 is 19.7 Å². The molecule has 0 unspecified atom stereocenters. The monoisotopic (exact) mass is 306 g/mol. The Morgan fingerprint density at radius 2 is 2.00 bits per heavy atom. The lowest BCUT2D eigenvalue weighted by molar-refractivity contribution is -0.138. The number of likely N-dealkylation sites (tertiary alicyclic amines) is 1. The zero-order chi connectivity index (χ0) is 15.8. The molecular formula is C16H22N2O4. The van der Waals surface area contributed by atoms with E-state index < -0.39 is 6.09 Å². The molecule has 0 radical (unpaired) electrons. The highest BCUT2D eigenvalue weighted by molar-refractivity contribution is 5.74. The van der Waals surface area contributed by atoms with Gasteiger partial charge in [-0.3, -0.25) is 4.79 Å². The summed E-state index contributed by atoms with van der Waals surface area (Å²) in [5.74, 6) is 0.0100. The lowest BCUT2D eigenvalue weighted by Crippen LogP contribution is -2.55. The van der Waals surface area contributed by atoms with E-state index in [4.69, 9.17) is 9.47 Å². The molecule has 1 fully saturated rings. The quantitative estimate of drug-likeness (QED) is 0.776. The van der Waals surface area contributed by atoms with Crippen molar-refractivity contribution in [3.63, 3.8) is 0 Å². The van der Waals surface area contributed by atoms with Gasteiger partial charge in [-0.1, -0.05) is 30.3 Å². The van der Waals surface area contributed by atoms with Crippen LogP contribution < -0.4 is 5.32 Å². The van der Waals surface area contributed by atoms with Crippen LogP contribution in [0.5, 0.6) is 0 Å². The van der Waals surface area contributed by atoms with E-state index in [2.05, 4.69) is 5.32 Å². The molecule has 0 bridgehead atoms. The summed E-state index contributed by atoms with van der Waals surface area (Å²) in [7, 11) is 0. The first-order valence-corrected chi connectivity index (χ1v) is 7.47. The SMILES string of the molecule is CC(=O)N1CC(OC(=O)NCCCOCc2ccccc2)C1. The highest BCUT2D eigenvalue weighted by atomic mass is 16.6. The van der Waals surface area contributed by atoms with Crippen LogP contribution in [0.3, 0.4) is 0 Å². The molecule has 1 heterocycles. The average Bonchev–Trinajstić information content (AvgIpc) is 2.46. The van der Waals surface area contributed by atoms with Crippen LogP contribution in [-0.4, -0.2) is 49.2 Å². The van der Waals surface area contributed by atoms with Crippen molar-refractivity contribution in [2.75, 3.05) is 26.2 Å². The van der Waals surface area contributed by atoms with Crippen LogP contribution in [-0.2, 0) is 20.9 Å². The summed E-state index contributed by atoms with van der Waals surface area (Å²) in [4.78, 5) is 24.1. The summed E-state index contributed by atoms with van der Waals surface area (Å²) in [6, 6.07) is 9.95. The Kier molecular flexibility index (Phi) is 6.21. The molecule has 2 rings (SSSR count). The average molecular weight is 306 g/mol.